The molecule has 0 bridgehead atoms. The number of anilines is 1. The lowest BCUT2D eigenvalue weighted by atomic mass is 9.89. The highest BCUT2D eigenvalue weighted by Gasteiger charge is 2.35. The van der Waals surface area contributed by atoms with Crippen molar-refractivity contribution >= 4 is 23.6 Å². The van der Waals surface area contributed by atoms with Crippen molar-refractivity contribution in [2.45, 2.75) is 38.3 Å². The van der Waals surface area contributed by atoms with Crippen LogP contribution in [-0.4, -0.2) is 61.7 Å². The van der Waals surface area contributed by atoms with Crippen molar-refractivity contribution in [2.24, 2.45) is 0 Å². The Kier molecular flexibility index (Phi) is 7.97. The highest BCUT2D eigenvalue weighted by atomic mass is 19.1. The first-order chi connectivity index (χ1) is 16.9. The van der Waals surface area contributed by atoms with Gasteiger partial charge in [0.15, 0.2) is 0 Å². The van der Waals surface area contributed by atoms with Crippen molar-refractivity contribution in [2.75, 3.05) is 37.7 Å². The molecule has 0 aromatic heterocycles. The van der Waals surface area contributed by atoms with Crippen LogP contribution < -0.4 is 10.2 Å². The lowest BCUT2D eigenvalue weighted by Crippen LogP contribution is -2.42. The lowest BCUT2D eigenvalue weighted by molar-refractivity contribution is -0.137. The number of cyclic esters (lactones) is 1. The van der Waals surface area contributed by atoms with Crippen molar-refractivity contribution in [3.05, 3.63) is 65.5 Å². The summed E-state index contributed by atoms with van der Waals surface area (Å²) in [4.78, 5) is 39.1. The van der Waals surface area contributed by atoms with Gasteiger partial charge in [-0.2, -0.15) is 0 Å². The number of carbonyl (C=O) groups is 3. The average Bonchev–Trinajstić information content (AvgIpc) is 3.23. The molecule has 2 aliphatic rings. The van der Waals surface area contributed by atoms with Crippen LogP contribution in [-0.2, 0) is 25.7 Å². The molecule has 4 rings (SSSR count). The molecule has 3 amide bonds. The molecule has 0 aliphatic carbocycles. The molecule has 2 aromatic rings. The Morgan fingerprint density at radius 3 is 2.57 bits per heavy atom. The summed E-state index contributed by atoms with van der Waals surface area (Å²) >= 11 is 0. The number of hydrogen-bond acceptors (Lipinski definition) is 5. The number of nitrogens with zero attached hydrogens (tertiary/aromatic N) is 2. The van der Waals surface area contributed by atoms with Gasteiger partial charge in [0.05, 0.1) is 18.3 Å². The monoisotopic (exact) mass is 483 g/mol. The van der Waals surface area contributed by atoms with Crippen LogP contribution in [0.2, 0.25) is 0 Å². The summed E-state index contributed by atoms with van der Waals surface area (Å²) in [5, 5.41) is 2.67. The van der Waals surface area contributed by atoms with E-state index in [0.717, 1.165) is 5.56 Å². The molecule has 35 heavy (non-hydrogen) atoms. The fraction of sp³-hybridized carbons (Fsp3) is 0.423. The number of nitrogens with one attached hydrogen (secondary N) is 1. The first-order valence-electron chi connectivity index (χ1n) is 11.8. The van der Waals surface area contributed by atoms with Crippen LogP contribution >= 0.6 is 0 Å². The van der Waals surface area contributed by atoms with Crippen LogP contribution in [0.3, 0.4) is 0 Å². The van der Waals surface area contributed by atoms with Gasteiger partial charge in [0, 0.05) is 26.6 Å². The van der Waals surface area contributed by atoms with Crippen LogP contribution in [0.25, 0.3) is 0 Å². The lowest BCUT2D eigenvalue weighted by Gasteiger charge is -2.32. The summed E-state index contributed by atoms with van der Waals surface area (Å²) in [6.45, 7) is 3.24. The number of rotatable bonds is 8. The number of amides is 3. The Hall–Kier alpha value is -3.46. The minimum Gasteiger partial charge on any atom is -0.447 e. The van der Waals surface area contributed by atoms with Crippen molar-refractivity contribution in [3.63, 3.8) is 0 Å². The van der Waals surface area contributed by atoms with Crippen LogP contribution in [0.5, 0.6) is 0 Å². The zero-order valence-corrected chi connectivity index (χ0v) is 19.7. The van der Waals surface area contributed by atoms with Crippen molar-refractivity contribution in [1.29, 1.82) is 0 Å². The molecule has 1 N–H and O–H groups in total. The van der Waals surface area contributed by atoms with E-state index in [1.165, 1.54) is 17.9 Å². The van der Waals surface area contributed by atoms with E-state index in [9.17, 15) is 14.4 Å². The predicted molar refractivity (Wildman–Crippen MR) is 127 cm³/mol. The highest BCUT2D eigenvalue weighted by Crippen LogP contribution is 2.33. The van der Waals surface area contributed by atoms with Crippen LogP contribution in [0, 0.1) is 5.82 Å². The van der Waals surface area contributed by atoms with Gasteiger partial charge in [0.2, 0.25) is 11.8 Å². The number of piperidine rings is 1. The standard InChI is InChI=1S/C26H30FN3O5/c1-18(31)28-14-22-16-35-26(33)30(22)21-7-8-23(24(27)13-21)20-9-11-29(12-10-20)25(32)17-34-15-19-5-3-2-4-6-19/h2-8,13,20,22H,9-12,14-17H2,1H3,(H,28,31)/t22-/m0/s1. The first kappa shape index (κ1) is 24.7. The molecule has 2 aromatic carbocycles. The molecule has 2 heterocycles. The Morgan fingerprint density at radius 1 is 1.14 bits per heavy atom. The summed E-state index contributed by atoms with van der Waals surface area (Å²) in [7, 11) is 0. The molecule has 2 fully saturated rings. The van der Waals surface area contributed by atoms with E-state index in [-0.39, 0.29) is 37.5 Å². The maximum absolute atomic E-state index is 15.1. The Bertz CT molecular complexity index is 1060. The molecule has 2 saturated heterocycles. The number of benzene rings is 2. The molecular formula is C26H30FN3O5. The van der Waals surface area contributed by atoms with Crippen molar-refractivity contribution in [1.82, 2.24) is 10.2 Å². The number of carbonyl (C=O) groups excluding carboxylic acids is 3. The smallest absolute Gasteiger partial charge is 0.414 e. The number of hydrogen-bond donors (Lipinski definition) is 1. The molecular weight excluding hydrogens is 453 g/mol. The number of halogens is 1. The van der Waals surface area contributed by atoms with Gasteiger partial charge in [-0.3, -0.25) is 14.5 Å². The zero-order chi connectivity index (χ0) is 24.8. The first-order valence-corrected chi connectivity index (χ1v) is 11.8. The molecule has 1 atom stereocenters. The summed E-state index contributed by atoms with van der Waals surface area (Å²) in [6, 6.07) is 14.1. The number of likely N-dealkylation sites (tertiary alicyclic amines) is 1. The van der Waals surface area contributed by atoms with Crippen molar-refractivity contribution in [3.8, 4) is 0 Å². The summed E-state index contributed by atoms with van der Waals surface area (Å²) in [5.74, 6) is -0.679. The van der Waals surface area contributed by atoms with Gasteiger partial charge in [-0.1, -0.05) is 36.4 Å². The van der Waals surface area contributed by atoms with Gasteiger partial charge in [-0.15, -0.1) is 0 Å². The van der Waals surface area contributed by atoms with Gasteiger partial charge in [0.25, 0.3) is 0 Å². The van der Waals surface area contributed by atoms with E-state index in [0.29, 0.717) is 43.8 Å². The summed E-state index contributed by atoms with van der Waals surface area (Å²) < 4.78 is 25.8. The average molecular weight is 484 g/mol. The van der Waals surface area contributed by atoms with E-state index < -0.39 is 18.0 Å². The van der Waals surface area contributed by atoms with E-state index in [2.05, 4.69) is 5.32 Å². The van der Waals surface area contributed by atoms with Gasteiger partial charge < -0.3 is 19.7 Å². The second-order valence-corrected chi connectivity index (χ2v) is 8.88. The fourth-order valence-corrected chi connectivity index (χ4v) is 4.55. The normalized spacial score (nSPS) is 18.5. The van der Waals surface area contributed by atoms with Gasteiger partial charge >= 0.3 is 6.09 Å². The molecule has 8 nitrogen and oxygen atoms in total. The maximum atomic E-state index is 15.1. The molecule has 0 radical (unpaired) electrons. The SMILES string of the molecule is CC(=O)NC[C@H]1COC(=O)N1c1ccc(C2CCN(C(=O)COCc3ccccc3)CC2)c(F)c1. The van der Waals surface area contributed by atoms with Crippen molar-refractivity contribution < 1.29 is 28.2 Å². The van der Waals surface area contributed by atoms with Gasteiger partial charge in [0.1, 0.15) is 19.0 Å². The minimum absolute atomic E-state index is 0.0148. The van der Waals surface area contributed by atoms with E-state index in [1.54, 1.807) is 17.0 Å². The third-order valence-corrected chi connectivity index (χ3v) is 6.43. The zero-order valence-electron chi connectivity index (χ0n) is 19.7. The molecule has 0 spiro atoms. The summed E-state index contributed by atoms with van der Waals surface area (Å²) in [6.07, 6.45) is 0.740. The quantitative estimate of drug-likeness (QED) is 0.623. The third-order valence-electron chi connectivity index (χ3n) is 6.43. The molecule has 0 saturated carbocycles. The maximum Gasteiger partial charge on any atom is 0.414 e. The Balaban J connectivity index is 1.30. The minimum atomic E-state index is -0.561. The largest absolute Gasteiger partial charge is 0.447 e. The van der Waals surface area contributed by atoms with Gasteiger partial charge in [-0.05, 0) is 42.0 Å². The third kappa shape index (κ3) is 6.16. The molecule has 9 heteroatoms. The molecule has 2 aliphatic heterocycles. The van der Waals surface area contributed by atoms with E-state index in [4.69, 9.17) is 9.47 Å². The van der Waals surface area contributed by atoms with Gasteiger partial charge in [-0.25, -0.2) is 9.18 Å². The molecule has 0 unspecified atom stereocenters. The second kappa shape index (κ2) is 11.3. The van der Waals surface area contributed by atoms with Crippen LogP contribution in [0.15, 0.2) is 48.5 Å². The van der Waals surface area contributed by atoms with Crippen LogP contribution in [0.1, 0.15) is 36.8 Å². The summed E-state index contributed by atoms with van der Waals surface area (Å²) in [5.41, 5.74) is 1.99. The Labute approximate surface area is 204 Å². The van der Waals surface area contributed by atoms with E-state index in [1.807, 2.05) is 30.3 Å². The fourth-order valence-electron chi connectivity index (χ4n) is 4.55. The van der Waals surface area contributed by atoms with E-state index >= 15 is 4.39 Å². The number of ether oxygens (including phenoxy) is 2. The van der Waals surface area contributed by atoms with Crippen LogP contribution in [0.4, 0.5) is 14.9 Å². The topological polar surface area (TPSA) is 88.2 Å². The molecule has 186 valence electrons. The highest BCUT2D eigenvalue weighted by molar-refractivity contribution is 5.90. The predicted octanol–water partition coefficient (Wildman–Crippen LogP) is 3.21. The Morgan fingerprint density at radius 2 is 1.89 bits per heavy atom. The second-order valence-electron chi connectivity index (χ2n) is 8.88.